The summed E-state index contributed by atoms with van der Waals surface area (Å²) in [6.07, 6.45) is 6.79. The SMILES string of the molecule is Cc1c(-c2ccccc2)ccc(S)c1-c1ccccc1.Cc1ccc(S(=O)(=O)O)cc1.[N-]=[N+]=C(S(=O)(=O)C1CCCCC1)S(=O)(=O)C1CCCCC1. The van der Waals surface area contributed by atoms with Crippen LogP contribution in [-0.4, -0.2) is 49.5 Å². The molecule has 52 heavy (non-hydrogen) atoms. The molecule has 6 rings (SSSR count). The van der Waals surface area contributed by atoms with Crippen LogP contribution in [0.1, 0.15) is 75.3 Å². The molecule has 0 atom stereocenters. The third-order valence-electron chi connectivity index (χ3n) is 9.46. The number of rotatable bonds is 5. The molecule has 278 valence electrons. The summed E-state index contributed by atoms with van der Waals surface area (Å²) in [5.41, 5.74) is 16.3. The van der Waals surface area contributed by atoms with Gasteiger partial charge in [-0.15, -0.1) is 17.4 Å². The van der Waals surface area contributed by atoms with E-state index in [1.54, 1.807) is 12.1 Å². The first-order valence-corrected chi connectivity index (χ1v) is 22.3. The molecule has 0 radical (unpaired) electrons. The molecule has 1 N–H and O–H groups in total. The van der Waals surface area contributed by atoms with Crippen LogP contribution in [-0.2, 0) is 29.8 Å². The molecule has 4 aromatic rings. The van der Waals surface area contributed by atoms with Crippen molar-refractivity contribution in [1.82, 2.24) is 0 Å². The van der Waals surface area contributed by atoms with E-state index in [2.05, 4.69) is 85.0 Å². The fourth-order valence-electron chi connectivity index (χ4n) is 6.62. The summed E-state index contributed by atoms with van der Waals surface area (Å²) in [5, 5.41) is -1.45. The van der Waals surface area contributed by atoms with Gasteiger partial charge in [-0.05, 0) is 85.5 Å². The number of sulfone groups is 2. The summed E-state index contributed by atoms with van der Waals surface area (Å²) in [6.45, 7) is 4.01. The highest BCUT2D eigenvalue weighted by Gasteiger charge is 2.49. The van der Waals surface area contributed by atoms with Crippen LogP contribution in [0.3, 0.4) is 0 Å². The number of aryl methyl sites for hydroxylation is 1. The Morgan fingerprint density at radius 3 is 1.50 bits per heavy atom. The molecule has 0 amide bonds. The summed E-state index contributed by atoms with van der Waals surface area (Å²) in [5.74, 6) is 0. The first-order chi connectivity index (χ1) is 24.7. The Morgan fingerprint density at radius 2 is 1.08 bits per heavy atom. The maximum atomic E-state index is 12.5. The summed E-state index contributed by atoms with van der Waals surface area (Å²) in [6, 6.07) is 31.2. The third-order valence-corrected chi connectivity index (χ3v) is 15.9. The zero-order valence-corrected chi connectivity index (χ0v) is 32.8. The van der Waals surface area contributed by atoms with Crippen molar-refractivity contribution in [3.63, 3.8) is 0 Å². The average Bonchev–Trinajstić information content (AvgIpc) is 3.14. The van der Waals surface area contributed by atoms with E-state index in [1.807, 2.05) is 19.1 Å². The molecule has 0 saturated heterocycles. The van der Waals surface area contributed by atoms with Crippen molar-refractivity contribution >= 4 is 46.8 Å². The van der Waals surface area contributed by atoms with Gasteiger partial charge < -0.3 is 5.53 Å². The molecule has 13 heteroatoms. The van der Waals surface area contributed by atoms with Gasteiger partial charge in [-0.1, -0.05) is 123 Å². The van der Waals surface area contributed by atoms with E-state index in [1.165, 1.54) is 39.9 Å². The summed E-state index contributed by atoms with van der Waals surface area (Å²) < 4.78 is 78.7. The van der Waals surface area contributed by atoms with Crippen LogP contribution in [0.4, 0.5) is 0 Å². The number of hydrogen-bond acceptors (Lipinski definition) is 7. The van der Waals surface area contributed by atoms with Crippen LogP contribution in [0.25, 0.3) is 27.8 Å². The molecule has 2 saturated carbocycles. The predicted octanol–water partition coefficient (Wildman–Crippen LogP) is 8.93. The molecule has 4 aromatic carbocycles. The Morgan fingerprint density at radius 1 is 0.635 bits per heavy atom. The number of benzene rings is 4. The fraction of sp³-hybridized carbons (Fsp3) is 0.359. The molecule has 2 aliphatic carbocycles. The normalized spacial score (nSPS) is 15.6. The van der Waals surface area contributed by atoms with Crippen molar-refractivity contribution in [2.45, 2.75) is 98.3 Å². The second kappa shape index (κ2) is 18.4. The first-order valence-electron chi connectivity index (χ1n) is 17.3. The minimum atomic E-state index is -4.07. The monoisotopic (exact) mass is 782 g/mol. The van der Waals surface area contributed by atoms with Crippen molar-refractivity contribution < 1.29 is 34.6 Å². The van der Waals surface area contributed by atoms with Gasteiger partial charge in [-0.3, -0.25) is 4.55 Å². The minimum Gasteiger partial charge on any atom is -0.359 e. The van der Waals surface area contributed by atoms with Crippen LogP contribution < -0.4 is 0 Å². The Bertz CT molecular complexity index is 2120. The van der Waals surface area contributed by atoms with Gasteiger partial charge >= 0.3 is 4.38 Å². The lowest BCUT2D eigenvalue weighted by Crippen LogP contribution is -2.40. The summed E-state index contributed by atoms with van der Waals surface area (Å²) in [7, 11) is -12.2. The van der Waals surface area contributed by atoms with E-state index in [0.29, 0.717) is 25.7 Å². The largest absolute Gasteiger partial charge is 0.495 e. The summed E-state index contributed by atoms with van der Waals surface area (Å²) in [4.78, 5) is 3.68. The highest BCUT2D eigenvalue weighted by atomic mass is 32.3. The molecule has 0 bridgehead atoms. The van der Waals surface area contributed by atoms with Crippen LogP contribution in [0.2, 0.25) is 0 Å². The van der Waals surface area contributed by atoms with Crippen molar-refractivity contribution in [2.75, 3.05) is 0 Å². The molecule has 2 fully saturated rings. The second-order valence-electron chi connectivity index (χ2n) is 13.1. The van der Waals surface area contributed by atoms with Crippen molar-refractivity contribution in [3.8, 4) is 22.3 Å². The van der Waals surface area contributed by atoms with Crippen LogP contribution in [0, 0.1) is 13.8 Å². The van der Waals surface area contributed by atoms with Gasteiger partial charge in [0, 0.05) is 4.90 Å². The quantitative estimate of drug-likeness (QED) is 0.0511. The molecular formula is C39H46N2O7S4. The molecule has 2 aliphatic rings. The Balaban J connectivity index is 0.000000183. The van der Waals surface area contributed by atoms with E-state index >= 15 is 0 Å². The highest BCUT2D eigenvalue weighted by Crippen LogP contribution is 2.36. The number of thiol groups is 1. The van der Waals surface area contributed by atoms with Gasteiger partial charge in [0.25, 0.3) is 29.8 Å². The van der Waals surface area contributed by atoms with E-state index in [-0.39, 0.29) is 4.90 Å². The Labute approximate surface area is 314 Å². The van der Waals surface area contributed by atoms with Gasteiger partial charge in [0.2, 0.25) is 0 Å². The van der Waals surface area contributed by atoms with Gasteiger partial charge in [0.1, 0.15) is 0 Å². The third kappa shape index (κ3) is 10.5. The van der Waals surface area contributed by atoms with Gasteiger partial charge in [0.15, 0.2) is 0 Å². The standard InChI is InChI=1S/C19H16S.C13H22N2O4S2.C7H8O3S/c1-14-17(15-8-4-2-5-9-15)12-13-18(20)19(14)16-10-6-3-7-11-16;14-15-13(20(16,17)11-7-3-1-4-8-11)21(18,19)12-9-5-2-6-10-12;1-6-2-4-7(5-3-6)11(8,9)10/h2-13,20H,1H3;11-12H,1-10H2;2-5H,1H3,(H,8,9,10). The van der Waals surface area contributed by atoms with E-state index in [4.69, 9.17) is 10.1 Å². The molecule has 0 spiro atoms. The molecule has 0 heterocycles. The second-order valence-corrected chi connectivity index (χ2v) is 19.6. The zero-order valence-electron chi connectivity index (χ0n) is 29.4. The minimum absolute atomic E-state index is 0.0666. The van der Waals surface area contributed by atoms with Gasteiger partial charge in [-0.2, -0.15) is 8.42 Å². The molecule has 0 unspecified atom stereocenters. The van der Waals surface area contributed by atoms with Crippen LogP contribution in [0.5, 0.6) is 0 Å². The first kappa shape index (κ1) is 41.2. The lowest BCUT2D eigenvalue weighted by atomic mass is 9.93. The van der Waals surface area contributed by atoms with Crippen molar-refractivity contribution in [2.24, 2.45) is 0 Å². The van der Waals surface area contributed by atoms with Crippen LogP contribution in [0.15, 0.2) is 107 Å². The molecule has 0 aliphatic heterocycles. The van der Waals surface area contributed by atoms with Crippen molar-refractivity contribution in [3.05, 3.63) is 114 Å². The predicted molar refractivity (Wildman–Crippen MR) is 211 cm³/mol. The maximum absolute atomic E-state index is 12.5. The van der Waals surface area contributed by atoms with Gasteiger partial charge in [-0.25, -0.2) is 16.8 Å². The molecular weight excluding hydrogens is 737 g/mol. The lowest BCUT2D eigenvalue weighted by Gasteiger charge is -2.22. The lowest BCUT2D eigenvalue weighted by molar-refractivity contribution is 0.00359. The summed E-state index contributed by atoms with van der Waals surface area (Å²) >= 11 is 4.64. The Hall–Kier alpha value is -3.58. The Kier molecular flexibility index (Phi) is 14.6. The number of hydrogen-bond donors (Lipinski definition) is 2. The van der Waals surface area contributed by atoms with E-state index < -0.39 is 44.7 Å². The fourth-order valence-corrected chi connectivity index (χ4v) is 12.3. The van der Waals surface area contributed by atoms with Crippen LogP contribution >= 0.6 is 12.6 Å². The van der Waals surface area contributed by atoms with Gasteiger partial charge in [0.05, 0.1) is 15.4 Å². The van der Waals surface area contributed by atoms with Crippen molar-refractivity contribution in [1.29, 1.82) is 0 Å². The average molecular weight is 783 g/mol. The highest BCUT2D eigenvalue weighted by molar-refractivity contribution is 8.31. The number of nitrogens with zero attached hydrogens (tertiary/aromatic N) is 2. The molecule has 9 nitrogen and oxygen atoms in total. The molecule has 0 aromatic heterocycles. The smallest absolute Gasteiger partial charge is 0.359 e. The van der Waals surface area contributed by atoms with E-state index in [9.17, 15) is 25.3 Å². The topological polar surface area (TPSA) is 159 Å². The maximum Gasteiger partial charge on any atom is 0.495 e. The zero-order chi connectivity index (χ0) is 37.9. The van der Waals surface area contributed by atoms with E-state index in [0.717, 1.165) is 49.0 Å².